The Labute approximate surface area is 136 Å². The van der Waals surface area contributed by atoms with Crippen LogP contribution in [-0.2, 0) is 9.59 Å². The average Bonchev–Trinajstić information content (AvgIpc) is 2.55. The van der Waals surface area contributed by atoms with Gasteiger partial charge < -0.3 is 0 Å². The molecule has 0 N–H and O–H groups in total. The maximum atomic E-state index is 12.5. The molecule has 2 rings (SSSR count). The normalized spacial score (nSPS) is 11.0. The molecule has 0 heterocycles. The summed E-state index contributed by atoms with van der Waals surface area (Å²) in [4.78, 5) is 25.7. The summed E-state index contributed by atoms with van der Waals surface area (Å²) in [5.74, 6) is -0.743. The SMILES string of the molecule is C=C(C)C(=O)N(C(C)=O)C(=Cc1ccccc1)c1ccccc1. The monoisotopic (exact) mass is 305 g/mol. The summed E-state index contributed by atoms with van der Waals surface area (Å²) in [5.41, 5.74) is 2.56. The fourth-order valence-corrected chi connectivity index (χ4v) is 2.21. The molecule has 0 aromatic heterocycles. The van der Waals surface area contributed by atoms with Crippen molar-refractivity contribution in [1.82, 2.24) is 4.90 Å². The van der Waals surface area contributed by atoms with Crippen LogP contribution < -0.4 is 0 Å². The molecule has 0 aliphatic rings. The van der Waals surface area contributed by atoms with Crippen molar-refractivity contribution in [3.05, 3.63) is 83.9 Å². The van der Waals surface area contributed by atoms with Gasteiger partial charge >= 0.3 is 0 Å². The molecule has 23 heavy (non-hydrogen) atoms. The molecule has 0 bridgehead atoms. The van der Waals surface area contributed by atoms with Gasteiger partial charge in [0.15, 0.2) is 0 Å². The van der Waals surface area contributed by atoms with Gasteiger partial charge in [-0.25, -0.2) is 4.90 Å². The molecule has 2 aromatic carbocycles. The third kappa shape index (κ3) is 4.04. The van der Waals surface area contributed by atoms with Gasteiger partial charge in [-0.1, -0.05) is 67.2 Å². The summed E-state index contributed by atoms with van der Waals surface area (Å²) in [6.07, 6.45) is 1.83. The third-order valence-corrected chi connectivity index (χ3v) is 3.30. The van der Waals surface area contributed by atoms with Crippen molar-refractivity contribution in [2.75, 3.05) is 0 Å². The topological polar surface area (TPSA) is 37.4 Å². The molecule has 0 radical (unpaired) electrons. The fraction of sp³-hybridized carbons (Fsp3) is 0.100. The highest BCUT2D eigenvalue weighted by Crippen LogP contribution is 2.24. The van der Waals surface area contributed by atoms with Crippen molar-refractivity contribution >= 4 is 23.6 Å². The predicted molar refractivity (Wildman–Crippen MR) is 93.1 cm³/mol. The van der Waals surface area contributed by atoms with Crippen molar-refractivity contribution in [2.45, 2.75) is 13.8 Å². The molecule has 116 valence electrons. The molecule has 0 saturated heterocycles. The van der Waals surface area contributed by atoms with Crippen LogP contribution in [0.15, 0.2) is 72.8 Å². The lowest BCUT2D eigenvalue weighted by molar-refractivity contribution is -0.136. The zero-order valence-corrected chi connectivity index (χ0v) is 13.3. The molecule has 0 aliphatic carbocycles. The molecule has 0 unspecified atom stereocenters. The summed E-state index contributed by atoms with van der Waals surface area (Å²) in [5, 5.41) is 0. The van der Waals surface area contributed by atoms with Crippen molar-refractivity contribution in [1.29, 1.82) is 0 Å². The fourth-order valence-electron chi connectivity index (χ4n) is 2.21. The summed E-state index contributed by atoms with van der Waals surface area (Å²) >= 11 is 0. The standard InChI is InChI=1S/C20H19NO2/c1-15(2)20(23)21(16(3)22)19(18-12-8-5-9-13-18)14-17-10-6-4-7-11-17/h4-14H,1H2,2-3H3. The minimum atomic E-state index is -0.400. The maximum Gasteiger partial charge on any atom is 0.260 e. The van der Waals surface area contributed by atoms with Gasteiger partial charge in [0, 0.05) is 12.5 Å². The number of imide groups is 1. The lowest BCUT2D eigenvalue weighted by Crippen LogP contribution is -2.34. The Morgan fingerprint density at radius 3 is 1.91 bits per heavy atom. The Kier molecular flexibility index (Phi) is 5.26. The molecular weight excluding hydrogens is 286 g/mol. The first-order chi connectivity index (χ1) is 11.0. The lowest BCUT2D eigenvalue weighted by Gasteiger charge is -2.23. The van der Waals surface area contributed by atoms with Gasteiger partial charge in [0.2, 0.25) is 5.91 Å². The van der Waals surface area contributed by atoms with E-state index in [0.29, 0.717) is 11.3 Å². The number of benzene rings is 2. The van der Waals surface area contributed by atoms with E-state index in [9.17, 15) is 9.59 Å². The highest BCUT2D eigenvalue weighted by molar-refractivity contribution is 6.11. The molecule has 0 atom stereocenters. The summed E-state index contributed by atoms with van der Waals surface area (Å²) in [6, 6.07) is 19.0. The summed E-state index contributed by atoms with van der Waals surface area (Å²) in [6.45, 7) is 6.65. The number of nitrogens with zero attached hydrogens (tertiary/aromatic N) is 1. The summed E-state index contributed by atoms with van der Waals surface area (Å²) < 4.78 is 0. The Bertz CT molecular complexity index is 746. The second-order valence-corrected chi connectivity index (χ2v) is 5.25. The van der Waals surface area contributed by atoms with Crippen LogP contribution in [0.5, 0.6) is 0 Å². The van der Waals surface area contributed by atoms with E-state index in [2.05, 4.69) is 6.58 Å². The number of carbonyl (C=O) groups is 2. The van der Waals surface area contributed by atoms with Gasteiger partial charge in [0.1, 0.15) is 0 Å². The van der Waals surface area contributed by atoms with Crippen LogP contribution in [0.25, 0.3) is 11.8 Å². The zero-order valence-electron chi connectivity index (χ0n) is 13.3. The molecule has 0 saturated carbocycles. The van der Waals surface area contributed by atoms with Crippen LogP contribution >= 0.6 is 0 Å². The Hall–Kier alpha value is -2.94. The van der Waals surface area contributed by atoms with Crippen LogP contribution in [-0.4, -0.2) is 16.7 Å². The van der Waals surface area contributed by atoms with Crippen LogP contribution in [0.1, 0.15) is 25.0 Å². The number of hydrogen-bond donors (Lipinski definition) is 0. The van der Waals surface area contributed by atoms with E-state index in [1.165, 1.54) is 11.8 Å². The first-order valence-electron chi connectivity index (χ1n) is 7.33. The highest BCUT2D eigenvalue weighted by atomic mass is 16.2. The minimum Gasteiger partial charge on any atom is -0.274 e. The second-order valence-electron chi connectivity index (χ2n) is 5.25. The molecule has 3 nitrogen and oxygen atoms in total. The molecular formula is C20H19NO2. The van der Waals surface area contributed by atoms with Crippen molar-refractivity contribution in [3.63, 3.8) is 0 Å². The largest absolute Gasteiger partial charge is 0.274 e. The van der Waals surface area contributed by atoms with E-state index in [1.54, 1.807) is 6.92 Å². The van der Waals surface area contributed by atoms with Gasteiger partial charge in [-0.3, -0.25) is 9.59 Å². The van der Waals surface area contributed by atoms with Gasteiger partial charge in [0.25, 0.3) is 5.91 Å². The molecule has 0 fully saturated rings. The predicted octanol–water partition coefficient (Wildman–Crippen LogP) is 4.14. The molecule has 0 spiro atoms. The highest BCUT2D eigenvalue weighted by Gasteiger charge is 2.23. The lowest BCUT2D eigenvalue weighted by atomic mass is 10.1. The molecule has 2 aromatic rings. The van der Waals surface area contributed by atoms with Gasteiger partial charge in [-0.2, -0.15) is 0 Å². The van der Waals surface area contributed by atoms with Crippen molar-refractivity contribution in [2.24, 2.45) is 0 Å². The van der Waals surface area contributed by atoms with Crippen molar-refractivity contribution in [3.8, 4) is 0 Å². The van der Waals surface area contributed by atoms with Gasteiger partial charge in [-0.05, 0) is 24.1 Å². The molecule has 3 heteroatoms. The zero-order chi connectivity index (χ0) is 16.8. The van der Waals surface area contributed by atoms with Crippen LogP contribution in [0.3, 0.4) is 0 Å². The number of carbonyl (C=O) groups excluding carboxylic acids is 2. The average molecular weight is 305 g/mol. The smallest absolute Gasteiger partial charge is 0.260 e. The Morgan fingerprint density at radius 2 is 1.43 bits per heavy atom. The first-order valence-corrected chi connectivity index (χ1v) is 7.33. The first kappa shape index (κ1) is 16.4. The van der Waals surface area contributed by atoms with E-state index in [0.717, 1.165) is 11.1 Å². The van der Waals surface area contributed by atoms with Crippen LogP contribution in [0, 0.1) is 0 Å². The molecule has 0 aliphatic heterocycles. The second kappa shape index (κ2) is 7.36. The third-order valence-electron chi connectivity index (χ3n) is 3.30. The van der Waals surface area contributed by atoms with E-state index in [-0.39, 0.29) is 5.91 Å². The van der Waals surface area contributed by atoms with E-state index >= 15 is 0 Å². The van der Waals surface area contributed by atoms with Crippen LogP contribution in [0.4, 0.5) is 0 Å². The van der Waals surface area contributed by atoms with Crippen molar-refractivity contribution < 1.29 is 9.59 Å². The van der Waals surface area contributed by atoms with E-state index in [1.807, 2.05) is 66.7 Å². The maximum absolute atomic E-state index is 12.5. The summed E-state index contributed by atoms with van der Waals surface area (Å²) in [7, 11) is 0. The number of amides is 2. The van der Waals surface area contributed by atoms with Gasteiger partial charge in [0.05, 0.1) is 5.70 Å². The molecule has 2 amide bonds. The Morgan fingerprint density at radius 1 is 0.913 bits per heavy atom. The minimum absolute atomic E-state index is 0.315. The van der Waals surface area contributed by atoms with Crippen LogP contribution in [0.2, 0.25) is 0 Å². The van der Waals surface area contributed by atoms with Gasteiger partial charge in [-0.15, -0.1) is 0 Å². The quantitative estimate of drug-likeness (QED) is 0.629. The van der Waals surface area contributed by atoms with E-state index < -0.39 is 5.91 Å². The number of rotatable bonds is 4. The Balaban J connectivity index is 2.61. The number of hydrogen-bond acceptors (Lipinski definition) is 2. The van der Waals surface area contributed by atoms with E-state index in [4.69, 9.17) is 0 Å².